The molecule has 1 aromatic rings. The zero-order valence-electron chi connectivity index (χ0n) is 19.6. The molecule has 0 unspecified atom stereocenters. The molecule has 174 valence electrons. The summed E-state index contributed by atoms with van der Waals surface area (Å²) in [5.41, 5.74) is -0.674. The molecule has 4 saturated carbocycles. The number of hydrogen-bond donors (Lipinski definition) is 1. The molecule has 1 N–H and O–H groups in total. The number of alkyl halides is 1. The molecule has 1 heterocycles. The number of nitrogens with zero attached hydrogens (tertiary/aromatic N) is 3. The molecule has 4 aliphatic carbocycles. The highest BCUT2D eigenvalue weighted by atomic mass is 19.1. The van der Waals surface area contributed by atoms with Crippen LogP contribution in [0.1, 0.15) is 82.9 Å². The third-order valence-electron chi connectivity index (χ3n) is 10.2. The van der Waals surface area contributed by atoms with Gasteiger partial charge in [-0.3, -0.25) is 9.48 Å². The van der Waals surface area contributed by atoms with E-state index in [1.165, 1.54) is 6.20 Å². The van der Waals surface area contributed by atoms with E-state index in [1.54, 1.807) is 4.68 Å². The minimum absolute atomic E-state index is 0.0111. The molecule has 1 aromatic heterocycles. The van der Waals surface area contributed by atoms with Gasteiger partial charge in [0.1, 0.15) is 18.3 Å². The first-order valence-electron chi connectivity index (χ1n) is 12.5. The van der Waals surface area contributed by atoms with Crippen molar-refractivity contribution in [1.29, 1.82) is 5.26 Å². The molecule has 0 aromatic carbocycles. The average molecular weight is 442 g/mol. The fraction of sp³-hybridized carbons (Fsp3) is 0.808. The Hall–Kier alpha value is -1.74. The number of nitriles is 1. The Morgan fingerprint density at radius 2 is 2.00 bits per heavy atom. The summed E-state index contributed by atoms with van der Waals surface area (Å²) in [6.07, 6.45) is 8.71. The number of carbonyl (C=O) groups is 1. The van der Waals surface area contributed by atoms with Crippen molar-refractivity contribution in [1.82, 2.24) is 9.78 Å². The van der Waals surface area contributed by atoms with E-state index in [2.05, 4.69) is 18.1 Å². The maximum atomic E-state index is 16.5. The third kappa shape index (κ3) is 3.18. The lowest BCUT2D eigenvalue weighted by Crippen LogP contribution is -2.58. The summed E-state index contributed by atoms with van der Waals surface area (Å²) < 4.78 is 18.2. The number of ketones is 1. The molecule has 6 heteroatoms. The Balaban J connectivity index is 1.34. The van der Waals surface area contributed by atoms with Crippen molar-refractivity contribution in [2.45, 2.75) is 96.4 Å². The van der Waals surface area contributed by atoms with Crippen molar-refractivity contribution in [3.63, 3.8) is 0 Å². The van der Waals surface area contributed by atoms with Crippen LogP contribution < -0.4 is 0 Å². The number of Topliss-reactive ketones (excluding diaryl/α,β-unsaturated/α-hetero) is 1. The molecule has 0 radical (unpaired) electrons. The number of aliphatic hydroxyl groups is 1. The van der Waals surface area contributed by atoms with Gasteiger partial charge in [-0.05, 0) is 101 Å². The maximum Gasteiger partial charge on any atom is 0.157 e. The Morgan fingerprint density at radius 3 is 2.72 bits per heavy atom. The zero-order chi connectivity index (χ0) is 22.9. The first-order valence-corrected chi connectivity index (χ1v) is 12.5. The van der Waals surface area contributed by atoms with Gasteiger partial charge in [0.2, 0.25) is 0 Å². The van der Waals surface area contributed by atoms with Crippen LogP contribution in [0.3, 0.4) is 0 Å². The summed E-state index contributed by atoms with van der Waals surface area (Å²) in [5.74, 6) is 1.01. The molecule has 0 aliphatic heterocycles. The normalized spacial score (nSPS) is 45.4. The molecule has 32 heavy (non-hydrogen) atoms. The van der Waals surface area contributed by atoms with Crippen LogP contribution >= 0.6 is 0 Å². The van der Waals surface area contributed by atoms with Crippen LogP contribution in [0, 0.1) is 53.3 Å². The predicted molar refractivity (Wildman–Crippen MR) is 118 cm³/mol. The molecule has 4 fully saturated rings. The highest BCUT2D eigenvalue weighted by molar-refractivity contribution is 5.82. The highest BCUT2D eigenvalue weighted by Gasteiger charge is 2.63. The van der Waals surface area contributed by atoms with Crippen LogP contribution in [0.15, 0.2) is 6.20 Å². The van der Waals surface area contributed by atoms with Crippen molar-refractivity contribution in [2.24, 2.45) is 35.0 Å². The standard InChI is InChI=1S/C26H36FN3O2/c1-16-17(13-28)14-29-30(16)15-23(31)22-7-6-20-19-5-4-18-12-24(2,32)10-11-26(18,27)21(19)8-9-25(20,22)3/h14,18-22,32H,4-12,15H2,1-3H3/t18-,19+,20+,21+,22+,24-,25+,26-/m1/s1. The van der Waals surface area contributed by atoms with Gasteiger partial charge >= 0.3 is 0 Å². The van der Waals surface area contributed by atoms with Crippen LogP contribution in [-0.4, -0.2) is 31.9 Å². The highest BCUT2D eigenvalue weighted by Crippen LogP contribution is 2.66. The van der Waals surface area contributed by atoms with Crippen molar-refractivity contribution >= 4 is 5.78 Å². The van der Waals surface area contributed by atoms with E-state index in [9.17, 15) is 15.2 Å². The van der Waals surface area contributed by atoms with E-state index in [-0.39, 0.29) is 35.5 Å². The summed E-state index contributed by atoms with van der Waals surface area (Å²) in [4.78, 5) is 13.4. The van der Waals surface area contributed by atoms with Crippen molar-refractivity contribution in [2.75, 3.05) is 0 Å². The Bertz CT molecular complexity index is 965. The number of rotatable bonds is 3. The van der Waals surface area contributed by atoms with Gasteiger partial charge in [-0.2, -0.15) is 10.4 Å². The van der Waals surface area contributed by atoms with E-state index in [0.29, 0.717) is 36.7 Å². The topological polar surface area (TPSA) is 78.9 Å². The second-order valence-corrected chi connectivity index (χ2v) is 11.8. The molecular weight excluding hydrogens is 405 g/mol. The first kappa shape index (κ1) is 22.1. The van der Waals surface area contributed by atoms with E-state index >= 15 is 4.39 Å². The van der Waals surface area contributed by atoms with Gasteiger partial charge in [-0.15, -0.1) is 0 Å². The maximum absolute atomic E-state index is 16.5. The van der Waals surface area contributed by atoms with Crippen molar-refractivity contribution in [3.05, 3.63) is 17.5 Å². The number of hydrogen-bond acceptors (Lipinski definition) is 4. The molecule has 0 amide bonds. The van der Waals surface area contributed by atoms with Gasteiger partial charge in [0.05, 0.1) is 23.1 Å². The zero-order valence-corrected chi connectivity index (χ0v) is 19.6. The minimum atomic E-state index is -1.14. The van der Waals surface area contributed by atoms with Crippen LogP contribution in [0.2, 0.25) is 0 Å². The van der Waals surface area contributed by atoms with E-state index < -0.39 is 11.3 Å². The van der Waals surface area contributed by atoms with Crippen LogP contribution in [-0.2, 0) is 11.3 Å². The SMILES string of the molecule is Cc1c(C#N)cnn1CC(=O)[C@@H]1CC[C@H]2[C@@H]3CC[C@@H]4C[C@](C)(O)CC[C@]4(F)[C@H]3CC[C@]12C. The van der Waals surface area contributed by atoms with Crippen LogP contribution in [0.25, 0.3) is 0 Å². The quantitative estimate of drug-likeness (QED) is 0.735. The van der Waals surface area contributed by atoms with Gasteiger partial charge in [-0.1, -0.05) is 6.92 Å². The summed E-state index contributed by atoms with van der Waals surface area (Å²) in [6, 6.07) is 2.13. The third-order valence-corrected chi connectivity index (χ3v) is 10.2. The fourth-order valence-corrected chi connectivity index (χ4v) is 8.48. The molecule has 0 saturated heterocycles. The van der Waals surface area contributed by atoms with E-state index in [4.69, 9.17) is 0 Å². The second kappa shape index (κ2) is 7.38. The number of carbonyl (C=O) groups excluding carboxylic acids is 1. The van der Waals surface area contributed by atoms with Gasteiger partial charge in [0, 0.05) is 5.92 Å². The first-order chi connectivity index (χ1) is 15.1. The van der Waals surface area contributed by atoms with Gasteiger partial charge in [0.15, 0.2) is 5.78 Å². The Labute approximate surface area is 190 Å². The van der Waals surface area contributed by atoms with Crippen LogP contribution in [0.4, 0.5) is 4.39 Å². The predicted octanol–water partition coefficient (Wildman–Crippen LogP) is 4.74. The smallest absolute Gasteiger partial charge is 0.157 e. The summed E-state index contributed by atoms with van der Waals surface area (Å²) in [6.45, 7) is 6.20. The van der Waals surface area contributed by atoms with E-state index in [1.807, 2.05) is 13.8 Å². The Morgan fingerprint density at radius 1 is 1.22 bits per heavy atom. The molecule has 0 spiro atoms. The van der Waals surface area contributed by atoms with Crippen molar-refractivity contribution < 1.29 is 14.3 Å². The molecule has 8 atom stereocenters. The minimum Gasteiger partial charge on any atom is -0.390 e. The average Bonchev–Trinajstić information content (AvgIpc) is 3.27. The summed E-state index contributed by atoms with van der Waals surface area (Å²) >= 11 is 0. The lowest BCUT2D eigenvalue weighted by atomic mass is 9.48. The monoisotopic (exact) mass is 441 g/mol. The van der Waals surface area contributed by atoms with E-state index in [0.717, 1.165) is 44.2 Å². The lowest BCUT2D eigenvalue weighted by molar-refractivity contribution is -0.166. The molecule has 5 rings (SSSR count). The summed E-state index contributed by atoms with van der Waals surface area (Å²) in [7, 11) is 0. The number of halogens is 1. The molecular formula is C26H36FN3O2. The van der Waals surface area contributed by atoms with Crippen molar-refractivity contribution in [3.8, 4) is 6.07 Å². The molecule has 4 aliphatic rings. The largest absolute Gasteiger partial charge is 0.390 e. The number of aromatic nitrogens is 2. The van der Waals surface area contributed by atoms with Gasteiger partial charge in [0.25, 0.3) is 0 Å². The molecule has 0 bridgehead atoms. The summed E-state index contributed by atoms with van der Waals surface area (Å²) in [5, 5.41) is 24.0. The fourth-order valence-electron chi connectivity index (χ4n) is 8.48. The van der Waals surface area contributed by atoms with Crippen LogP contribution in [0.5, 0.6) is 0 Å². The molecule has 5 nitrogen and oxygen atoms in total. The van der Waals surface area contributed by atoms with Gasteiger partial charge in [-0.25, -0.2) is 4.39 Å². The Kier molecular flexibility index (Phi) is 5.09. The second-order valence-electron chi connectivity index (χ2n) is 11.8. The van der Waals surface area contributed by atoms with Gasteiger partial charge < -0.3 is 5.11 Å². The number of fused-ring (bicyclic) bond motifs is 5. The lowest BCUT2D eigenvalue weighted by Gasteiger charge is -2.59.